The predicted octanol–water partition coefficient (Wildman–Crippen LogP) is 2.97. The number of nitro groups is 1. The molecule has 0 aliphatic carbocycles. The molecule has 0 spiro atoms. The van der Waals surface area contributed by atoms with Gasteiger partial charge in [0.1, 0.15) is 0 Å². The lowest BCUT2D eigenvalue weighted by Gasteiger charge is -2.05. The summed E-state index contributed by atoms with van der Waals surface area (Å²) >= 11 is 1.68. The molecule has 2 aromatic carbocycles. The molecule has 0 heterocycles. The van der Waals surface area contributed by atoms with E-state index < -0.39 is 14.9 Å². The van der Waals surface area contributed by atoms with Crippen LogP contribution in [0.1, 0.15) is 12.0 Å². The number of benzene rings is 2. The summed E-state index contributed by atoms with van der Waals surface area (Å²) in [5, 5.41) is 16.1. The van der Waals surface area contributed by atoms with Crippen LogP contribution in [0.4, 0.5) is 5.69 Å². The average Bonchev–Trinajstić information content (AvgIpc) is 2.51. The highest BCUT2D eigenvalue weighted by molar-refractivity contribution is 7.99. The third kappa shape index (κ3) is 5.05. The smallest absolute Gasteiger partial charge is 0.258 e. The molecule has 23 heavy (non-hydrogen) atoms. The number of nitro benzene ring substituents is 1. The number of primary sulfonamides is 1. The average molecular weight is 352 g/mol. The second-order valence-electron chi connectivity index (χ2n) is 4.86. The molecule has 0 fully saturated rings. The Labute approximate surface area is 138 Å². The van der Waals surface area contributed by atoms with Gasteiger partial charge in [-0.1, -0.05) is 24.3 Å². The summed E-state index contributed by atoms with van der Waals surface area (Å²) < 4.78 is 22.6. The number of hydrogen-bond donors (Lipinski definition) is 1. The molecular weight excluding hydrogens is 336 g/mol. The quantitative estimate of drug-likeness (QED) is 0.357. The molecular formula is C15H16N2O4S2. The van der Waals surface area contributed by atoms with Crippen molar-refractivity contribution >= 4 is 27.5 Å². The summed E-state index contributed by atoms with van der Waals surface area (Å²) in [6.45, 7) is 0. The van der Waals surface area contributed by atoms with Crippen LogP contribution in [0.5, 0.6) is 0 Å². The van der Waals surface area contributed by atoms with Crippen molar-refractivity contribution in [1.82, 2.24) is 0 Å². The van der Waals surface area contributed by atoms with E-state index in [2.05, 4.69) is 0 Å². The number of rotatable bonds is 7. The number of hydrogen-bond acceptors (Lipinski definition) is 5. The molecule has 2 aromatic rings. The maximum Gasteiger partial charge on any atom is 0.273 e. The number of thioether (sulfide) groups is 1. The van der Waals surface area contributed by atoms with E-state index in [1.807, 2.05) is 30.3 Å². The number of sulfonamides is 1. The molecule has 0 radical (unpaired) electrons. The minimum Gasteiger partial charge on any atom is -0.258 e. The molecule has 0 saturated carbocycles. The van der Waals surface area contributed by atoms with Crippen LogP contribution in [-0.4, -0.2) is 19.1 Å². The fourth-order valence-electron chi connectivity index (χ4n) is 2.07. The highest BCUT2D eigenvalue weighted by Gasteiger charge is 2.18. The van der Waals surface area contributed by atoms with Crippen LogP contribution in [0, 0.1) is 10.1 Å². The highest BCUT2D eigenvalue weighted by atomic mass is 32.2. The lowest BCUT2D eigenvalue weighted by molar-refractivity contribution is -0.385. The predicted molar refractivity (Wildman–Crippen MR) is 90.0 cm³/mol. The molecule has 0 unspecified atom stereocenters. The largest absolute Gasteiger partial charge is 0.273 e. The standard InChI is InChI=1S/C15H16N2O4S2/c16-23(20,21)14-9-8-12(15(11-14)17(18)19)5-4-10-22-13-6-2-1-3-7-13/h1-3,6-9,11H,4-5,10H2,(H2,16,20,21). The first-order chi connectivity index (χ1) is 10.9. The Bertz CT molecular complexity index is 792. The molecule has 0 aliphatic rings. The van der Waals surface area contributed by atoms with Gasteiger partial charge in [-0.05, 0) is 36.8 Å². The number of aryl methyl sites for hydroxylation is 1. The third-order valence-corrected chi connectivity index (χ3v) is 5.19. The molecule has 2 rings (SSSR count). The van der Waals surface area contributed by atoms with Crippen LogP contribution >= 0.6 is 11.8 Å². The van der Waals surface area contributed by atoms with Crippen LogP contribution in [0.15, 0.2) is 58.3 Å². The van der Waals surface area contributed by atoms with Gasteiger partial charge in [0.25, 0.3) is 5.69 Å². The number of nitrogens with zero attached hydrogens (tertiary/aromatic N) is 1. The van der Waals surface area contributed by atoms with Gasteiger partial charge in [0, 0.05) is 16.5 Å². The first kappa shape index (κ1) is 17.5. The van der Waals surface area contributed by atoms with E-state index >= 15 is 0 Å². The molecule has 2 N–H and O–H groups in total. The van der Waals surface area contributed by atoms with Crippen molar-refractivity contribution in [3.8, 4) is 0 Å². The summed E-state index contributed by atoms with van der Waals surface area (Å²) in [5.41, 5.74) is 0.303. The summed E-state index contributed by atoms with van der Waals surface area (Å²) in [6, 6.07) is 13.7. The fourth-order valence-corrected chi connectivity index (χ4v) is 3.48. The van der Waals surface area contributed by atoms with E-state index in [9.17, 15) is 18.5 Å². The maximum atomic E-state index is 11.3. The lowest BCUT2D eigenvalue weighted by Crippen LogP contribution is -2.12. The Morgan fingerprint density at radius 2 is 1.83 bits per heavy atom. The maximum absolute atomic E-state index is 11.3. The molecule has 0 bridgehead atoms. The lowest BCUT2D eigenvalue weighted by atomic mass is 10.1. The molecule has 0 amide bonds. The Hall–Kier alpha value is -1.90. The van der Waals surface area contributed by atoms with Gasteiger partial charge < -0.3 is 0 Å². The van der Waals surface area contributed by atoms with Crippen molar-refractivity contribution < 1.29 is 13.3 Å². The zero-order chi connectivity index (χ0) is 16.9. The van der Waals surface area contributed by atoms with Gasteiger partial charge in [0.05, 0.1) is 9.82 Å². The van der Waals surface area contributed by atoms with Crippen molar-refractivity contribution in [1.29, 1.82) is 0 Å². The fraction of sp³-hybridized carbons (Fsp3) is 0.200. The molecule has 6 nitrogen and oxygen atoms in total. The van der Waals surface area contributed by atoms with Gasteiger partial charge in [-0.3, -0.25) is 10.1 Å². The Balaban J connectivity index is 2.03. The molecule has 8 heteroatoms. The Morgan fingerprint density at radius 3 is 2.43 bits per heavy atom. The minimum atomic E-state index is -3.95. The molecule has 0 saturated heterocycles. The van der Waals surface area contributed by atoms with Crippen molar-refractivity contribution in [3.05, 3.63) is 64.2 Å². The van der Waals surface area contributed by atoms with Crippen LogP contribution in [-0.2, 0) is 16.4 Å². The van der Waals surface area contributed by atoms with Gasteiger partial charge >= 0.3 is 0 Å². The SMILES string of the molecule is NS(=O)(=O)c1ccc(CCCSc2ccccc2)c([N+](=O)[O-])c1. The second kappa shape index (κ2) is 7.58. The number of nitrogens with two attached hydrogens (primary N) is 1. The Morgan fingerprint density at radius 1 is 1.13 bits per heavy atom. The van der Waals surface area contributed by atoms with Crippen LogP contribution in [0.2, 0.25) is 0 Å². The van der Waals surface area contributed by atoms with Crippen molar-refractivity contribution in [3.63, 3.8) is 0 Å². The van der Waals surface area contributed by atoms with E-state index in [0.29, 0.717) is 12.0 Å². The monoisotopic (exact) mass is 352 g/mol. The van der Waals surface area contributed by atoms with Crippen molar-refractivity contribution in [2.75, 3.05) is 5.75 Å². The van der Waals surface area contributed by atoms with Crippen molar-refractivity contribution in [2.24, 2.45) is 5.14 Å². The van der Waals surface area contributed by atoms with Gasteiger partial charge in [-0.15, -0.1) is 11.8 Å². The minimum absolute atomic E-state index is 0.207. The first-order valence-electron chi connectivity index (χ1n) is 6.86. The summed E-state index contributed by atoms with van der Waals surface area (Å²) in [7, 11) is -3.95. The van der Waals surface area contributed by atoms with Crippen LogP contribution in [0.3, 0.4) is 0 Å². The zero-order valence-corrected chi connectivity index (χ0v) is 13.8. The van der Waals surface area contributed by atoms with Gasteiger partial charge in [0.2, 0.25) is 10.0 Å². The van der Waals surface area contributed by atoms with Crippen LogP contribution in [0.25, 0.3) is 0 Å². The van der Waals surface area contributed by atoms with Crippen molar-refractivity contribution in [2.45, 2.75) is 22.6 Å². The first-order valence-corrected chi connectivity index (χ1v) is 9.39. The summed E-state index contributed by atoms with van der Waals surface area (Å²) in [6.07, 6.45) is 1.25. The van der Waals surface area contributed by atoms with Gasteiger partial charge in [0.15, 0.2) is 0 Å². The van der Waals surface area contributed by atoms with E-state index in [4.69, 9.17) is 5.14 Å². The second-order valence-corrected chi connectivity index (χ2v) is 7.59. The van der Waals surface area contributed by atoms with E-state index in [1.165, 1.54) is 12.1 Å². The third-order valence-electron chi connectivity index (χ3n) is 3.18. The zero-order valence-electron chi connectivity index (χ0n) is 12.2. The molecule has 0 aromatic heterocycles. The summed E-state index contributed by atoms with van der Waals surface area (Å²) in [4.78, 5) is 11.4. The Kier molecular flexibility index (Phi) is 5.75. The normalized spacial score (nSPS) is 11.3. The molecule has 0 atom stereocenters. The van der Waals surface area contributed by atoms with E-state index in [1.54, 1.807) is 11.8 Å². The van der Waals surface area contributed by atoms with Gasteiger partial charge in [-0.2, -0.15) is 0 Å². The highest BCUT2D eigenvalue weighted by Crippen LogP contribution is 2.25. The van der Waals surface area contributed by atoms with E-state index in [0.717, 1.165) is 23.1 Å². The molecule has 0 aliphatic heterocycles. The topological polar surface area (TPSA) is 103 Å². The van der Waals surface area contributed by atoms with E-state index in [-0.39, 0.29) is 10.6 Å². The van der Waals surface area contributed by atoms with Gasteiger partial charge in [-0.25, -0.2) is 13.6 Å². The summed E-state index contributed by atoms with van der Waals surface area (Å²) in [5.74, 6) is 0.818. The van der Waals surface area contributed by atoms with Crippen LogP contribution < -0.4 is 5.14 Å². The molecule has 122 valence electrons.